The topological polar surface area (TPSA) is 49.5 Å². The fourth-order valence-electron chi connectivity index (χ4n) is 1.92. The average molecular weight is 280 g/mol. The molecule has 0 saturated heterocycles. The van der Waals surface area contributed by atoms with Gasteiger partial charge in [-0.25, -0.2) is 5.01 Å². The second-order valence-electron chi connectivity index (χ2n) is 5.14. The molecule has 0 bridgehead atoms. The number of hydrazine groups is 1. The summed E-state index contributed by atoms with van der Waals surface area (Å²) >= 11 is 0. The van der Waals surface area contributed by atoms with Crippen LogP contribution in [-0.4, -0.2) is 23.2 Å². The molecule has 0 aliphatic heterocycles. The first-order chi connectivity index (χ1) is 9.70. The van der Waals surface area contributed by atoms with Crippen LogP contribution in [0.5, 0.6) is 5.75 Å². The first-order valence-corrected chi connectivity index (χ1v) is 7.94. The summed E-state index contributed by atoms with van der Waals surface area (Å²) in [4.78, 5) is 0. The minimum atomic E-state index is 0.322. The van der Waals surface area contributed by atoms with Crippen molar-refractivity contribution in [1.29, 1.82) is 0 Å². The van der Waals surface area contributed by atoms with Crippen molar-refractivity contribution in [3.63, 3.8) is 0 Å². The molecule has 0 aliphatic carbocycles. The third-order valence-corrected chi connectivity index (χ3v) is 3.07. The molecular weight excluding hydrogens is 248 g/mol. The van der Waals surface area contributed by atoms with E-state index < -0.39 is 0 Å². The van der Waals surface area contributed by atoms with Crippen LogP contribution in [0.3, 0.4) is 0 Å². The number of hydrogen-bond donors (Lipinski definition) is 2. The fraction of sp³-hybridized carbons (Fsp3) is 0.647. The Kier molecular flexibility index (Phi) is 13.6. The van der Waals surface area contributed by atoms with Crippen LogP contribution in [-0.2, 0) is 0 Å². The molecule has 0 aromatic heterocycles. The van der Waals surface area contributed by atoms with E-state index in [1.807, 2.05) is 11.1 Å². The van der Waals surface area contributed by atoms with E-state index in [1.54, 1.807) is 24.3 Å². The molecule has 3 N–H and O–H groups in total. The van der Waals surface area contributed by atoms with Crippen LogP contribution in [0.1, 0.15) is 58.8 Å². The lowest BCUT2D eigenvalue weighted by Gasteiger charge is -2.14. The van der Waals surface area contributed by atoms with Gasteiger partial charge in [-0.1, -0.05) is 64.2 Å². The van der Waals surface area contributed by atoms with Crippen LogP contribution in [0.2, 0.25) is 0 Å². The lowest BCUT2D eigenvalue weighted by molar-refractivity contribution is 0.276. The number of aromatic hydroxyl groups is 1. The number of unbranched alkanes of at least 4 members (excludes halogenated alkanes) is 5. The molecule has 3 nitrogen and oxygen atoms in total. The van der Waals surface area contributed by atoms with Gasteiger partial charge < -0.3 is 5.11 Å². The highest BCUT2D eigenvalue weighted by Crippen LogP contribution is 2.05. The normalized spacial score (nSPS) is 10.2. The Balaban J connectivity index is 0.000000428. The fourth-order valence-corrected chi connectivity index (χ4v) is 1.92. The summed E-state index contributed by atoms with van der Waals surface area (Å²) < 4.78 is 0. The number of benzene rings is 1. The van der Waals surface area contributed by atoms with Crippen molar-refractivity contribution < 1.29 is 5.11 Å². The van der Waals surface area contributed by atoms with E-state index in [1.165, 1.54) is 38.5 Å². The Morgan fingerprint density at radius 1 is 0.850 bits per heavy atom. The van der Waals surface area contributed by atoms with Crippen molar-refractivity contribution in [3.05, 3.63) is 30.3 Å². The van der Waals surface area contributed by atoms with E-state index in [0.29, 0.717) is 5.75 Å². The molecule has 1 aromatic rings. The van der Waals surface area contributed by atoms with Crippen LogP contribution in [0.4, 0.5) is 0 Å². The molecule has 0 aliphatic rings. The molecule has 0 fully saturated rings. The first-order valence-electron chi connectivity index (χ1n) is 7.94. The van der Waals surface area contributed by atoms with Crippen molar-refractivity contribution in [3.8, 4) is 5.75 Å². The second-order valence-corrected chi connectivity index (χ2v) is 5.14. The minimum absolute atomic E-state index is 0.322. The van der Waals surface area contributed by atoms with E-state index in [-0.39, 0.29) is 0 Å². The smallest absolute Gasteiger partial charge is 0.115 e. The largest absolute Gasteiger partial charge is 0.508 e. The molecule has 3 heteroatoms. The highest BCUT2D eigenvalue weighted by Gasteiger charge is 1.96. The number of para-hydroxylation sites is 1. The highest BCUT2D eigenvalue weighted by molar-refractivity contribution is 5.18. The maximum absolute atomic E-state index is 8.63. The van der Waals surface area contributed by atoms with Crippen molar-refractivity contribution in [2.45, 2.75) is 58.8 Å². The van der Waals surface area contributed by atoms with E-state index in [2.05, 4.69) is 13.8 Å². The SMILES string of the molecule is CCCCCCCCN(N)CCC.Oc1ccccc1. The Morgan fingerprint density at radius 2 is 1.45 bits per heavy atom. The lowest BCUT2D eigenvalue weighted by Crippen LogP contribution is -2.32. The van der Waals surface area contributed by atoms with Gasteiger partial charge in [0, 0.05) is 13.1 Å². The first kappa shape index (κ1) is 18.9. The number of phenols is 1. The van der Waals surface area contributed by atoms with Crippen LogP contribution >= 0.6 is 0 Å². The molecule has 0 spiro atoms. The van der Waals surface area contributed by atoms with Crippen LogP contribution < -0.4 is 5.84 Å². The molecule has 0 radical (unpaired) electrons. The Morgan fingerprint density at radius 3 is 1.95 bits per heavy atom. The van der Waals surface area contributed by atoms with E-state index >= 15 is 0 Å². The summed E-state index contributed by atoms with van der Waals surface area (Å²) in [6.07, 6.45) is 9.27. The van der Waals surface area contributed by atoms with Crippen LogP contribution in [0.25, 0.3) is 0 Å². The molecule has 0 saturated carbocycles. The maximum Gasteiger partial charge on any atom is 0.115 e. The molecule has 1 aromatic carbocycles. The number of phenolic OH excluding ortho intramolecular Hbond substituents is 1. The maximum atomic E-state index is 8.63. The number of rotatable bonds is 9. The quantitative estimate of drug-likeness (QED) is 0.402. The average Bonchev–Trinajstić information content (AvgIpc) is 2.44. The van der Waals surface area contributed by atoms with Gasteiger partial charge in [-0.15, -0.1) is 0 Å². The molecule has 0 atom stereocenters. The van der Waals surface area contributed by atoms with E-state index in [4.69, 9.17) is 10.9 Å². The van der Waals surface area contributed by atoms with Gasteiger partial charge in [0.15, 0.2) is 0 Å². The van der Waals surface area contributed by atoms with Gasteiger partial charge in [0.25, 0.3) is 0 Å². The molecule has 0 unspecified atom stereocenters. The number of nitrogens with zero attached hydrogens (tertiary/aromatic N) is 1. The summed E-state index contributed by atoms with van der Waals surface area (Å²) in [7, 11) is 0. The van der Waals surface area contributed by atoms with E-state index in [0.717, 1.165) is 19.5 Å². The zero-order chi connectivity index (χ0) is 15.1. The second kappa shape index (κ2) is 14.4. The lowest BCUT2D eigenvalue weighted by atomic mass is 10.1. The van der Waals surface area contributed by atoms with Gasteiger partial charge in [-0.05, 0) is 25.0 Å². The van der Waals surface area contributed by atoms with Crippen LogP contribution in [0.15, 0.2) is 30.3 Å². The van der Waals surface area contributed by atoms with E-state index in [9.17, 15) is 0 Å². The van der Waals surface area contributed by atoms with Gasteiger partial charge in [-0.2, -0.15) is 0 Å². The summed E-state index contributed by atoms with van der Waals surface area (Å²) in [6, 6.07) is 8.71. The van der Waals surface area contributed by atoms with Gasteiger partial charge in [0.05, 0.1) is 0 Å². The molecule has 1 rings (SSSR count). The Labute approximate surface area is 124 Å². The van der Waals surface area contributed by atoms with Crippen molar-refractivity contribution >= 4 is 0 Å². The molecule has 0 amide bonds. The minimum Gasteiger partial charge on any atom is -0.508 e. The van der Waals surface area contributed by atoms with Gasteiger partial charge in [0.2, 0.25) is 0 Å². The molecule has 116 valence electrons. The highest BCUT2D eigenvalue weighted by atomic mass is 16.3. The predicted molar refractivity (Wildman–Crippen MR) is 87.5 cm³/mol. The summed E-state index contributed by atoms with van der Waals surface area (Å²) in [5, 5.41) is 10.6. The standard InChI is InChI=1S/C11H26N2.C6H6O/c1-3-5-6-7-8-9-11-13(12)10-4-2;7-6-4-2-1-3-5-6/h3-12H2,1-2H3;1-5,7H. The molecule has 0 heterocycles. The van der Waals surface area contributed by atoms with Gasteiger partial charge in [-0.3, -0.25) is 5.84 Å². The number of hydrogen-bond acceptors (Lipinski definition) is 3. The third-order valence-electron chi connectivity index (χ3n) is 3.07. The van der Waals surface area contributed by atoms with Crippen LogP contribution in [0, 0.1) is 0 Å². The summed E-state index contributed by atoms with van der Waals surface area (Å²) in [5.41, 5.74) is 0. The van der Waals surface area contributed by atoms with Crippen molar-refractivity contribution in [1.82, 2.24) is 5.01 Å². The summed E-state index contributed by atoms with van der Waals surface area (Å²) in [5.74, 6) is 6.08. The molecule has 20 heavy (non-hydrogen) atoms. The monoisotopic (exact) mass is 280 g/mol. The van der Waals surface area contributed by atoms with Crippen molar-refractivity contribution in [2.24, 2.45) is 5.84 Å². The molecular formula is C17H32N2O. The third kappa shape index (κ3) is 13.4. The summed E-state index contributed by atoms with van der Waals surface area (Å²) in [6.45, 7) is 6.53. The zero-order valence-electron chi connectivity index (χ0n) is 13.2. The van der Waals surface area contributed by atoms with Crippen molar-refractivity contribution in [2.75, 3.05) is 13.1 Å². The van der Waals surface area contributed by atoms with Gasteiger partial charge >= 0.3 is 0 Å². The Bertz CT molecular complexity index is 290. The zero-order valence-corrected chi connectivity index (χ0v) is 13.2. The Hall–Kier alpha value is -1.06. The predicted octanol–water partition coefficient (Wildman–Crippen LogP) is 4.32. The number of nitrogens with two attached hydrogens (primary N) is 1. The van der Waals surface area contributed by atoms with Gasteiger partial charge in [0.1, 0.15) is 5.75 Å².